The first kappa shape index (κ1) is 8.08. The van der Waals surface area contributed by atoms with Crippen molar-refractivity contribution in [2.45, 2.75) is 6.54 Å². The number of aromatic nitrogens is 1. The highest BCUT2D eigenvalue weighted by molar-refractivity contribution is 6.29. The van der Waals surface area contributed by atoms with E-state index in [2.05, 4.69) is 6.58 Å². The average Bonchev–Trinajstić information content (AvgIpc) is 1.93. The molecule has 0 unspecified atom stereocenters. The zero-order valence-corrected chi connectivity index (χ0v) is 6.71. The second-order valence-electron chi connectivity index (χ2n) is 2.18. The van der Waals surface area contributed by atoms with Gasteiger partial charge >= 0.3 is 0 Å². The summed E-state index contributed by atoms with van der Waals surface area (Å²) in [7, 11) is 0. The molecule has 0 N–H and O–H groups in total. The molecular formula is C8H8ClNO. The Balaban J connectivity index is 2.95. The van der Waals surface area contributed by atoms with Gasteiger partial charge in [0.2, 0.25) is 0 Å². The van der Waals surface area contributed by atoms with Crippen LogP contribution in [0.5, 0.6) is 0 Å². The van der Waals surface area contributed by atoms with Gasteiger partial charge in [-0.2, -0.15) is 0 Å². The topological polar surface area (TPSA) is 22.0 Å². The highest BCUT2D eigenvalue weighted by Crippen LogP contribution is 1.98. The maximum Gasteiger partial charge on any atom is 0.250 e. The summed E-state index contributed by atoms with van der Waals surface area (Å²) in [6.07, 6.45) is 1.68. The van der Waals surface area contributed by atoms with Crippen molar-refractivity contribution in [2.24, 2.45) is 0 Å². The van der Waals surface area contributed by atoms with Crippen LogP contribution in [0, 0.1) is 0 Å². The summed E-state index contributed by atoms with van der Waals surface area (Å²) in [5.41, 5.74) is -0.0608. The van der Waals surface area contributed by atoms with Crippen LogP contribution < -0.4 is 5.56 Å². The number of nitrogens with zero attached hydrogens (tertiary/aromatic N) is 1. The Labute approximate surface area is 69.7 Å². The zero-order valence-electron chi connectivity index (χ0n) is 5.96. The molecule has 1 aromatic rings. The fourth-order valence-electron chi connectivity index (χ4n) is 0.776. The molecule has 0 amide bonds. The molecule has 0 aliphatic carbocycles. The summed E-state index contributed by atoms with van der Waals surface area (Å²) < 4.78 is 1.50. The standard InChI is InChI=1S/C8H8ClNO/c1-7(9)6-10-5-3-2-4-8(10)11/h2-5H,1,6H2. The molecule has 0 spiro atoms. The lowest BCUT2D eigenvalue weighted by Crippen LogP contribution is -2.17. The van der Waals surface area contributed by atoms with Gasteiger partial charge in [0, 0.05) is 17.3 Å². The Hall–Kier alpha value is -1.02. The molecule has 1 heterocycles. The van der Waals surface area contributed by atoms with Gasteiger partial charge in [-0.05, 0) is 6.07 Å². The molecule has 1 aromatic heterocycles. The van der Waals surface area contributed by atoms with E-state index < -0.39 is 0 Å². The molecule has 58 valence electrons. The molecule has 11 heavy (non-hydrogen) atoms. The first-order valence-corrected chi connectivity index (χ1v) is 3.56. The molecule has 0 aliphatic heterocycles. The minimum atomic E-state index is -0.0608. The lowest BCUT2D eigenvalue weighted by atomic mass is 10.4. The van der Waals surface area contributed by atoms with Crippen LogP contribution >= 0.6 is 11.6 Å². The van der Waals surface area contributed by atoms with Crippen LogP contribution in [0.3, 0.4) is 0 Å². The van der Waals surface area contributed by atoms with Crippen LogP contribution in [-0.2, 0) is 6.54 Å². The molecular weight excluding hydrogens is 162 g/mol. The van der Waals surface area contributed by atoms with Crippen LogP contribution in [0.4, 0.5) is 0 Å². The highest BCUT2D eigenvalue weighted by atomic mass is 35.5. The summed E-state index contributed by atoms with van der Waals surface area (Å²) in [6.45, 7) is 3.87. The van der Waals surface area contributed by atoms with E-state index >= 15 is 0 Å². The van der Waals surface area contributed by atoms with Gasteiger partial charge in [-0.1, -0.05) is 24.2 Å². The van der Waals surface area contributed by atoms with E-state index in [1.807, 2.05) is 0 Å². The molecule has 0 saturated carbocycles. The number of rotatable bonds is 2. The van der Waals surface area contributed by atoms with Gasteiger partial charge in [-0.25, -0.2) is 0 Å². The third kappa shape index (κ3) is 2.24. The summed E-state index contributed by atoms with van der Waals surface area (Å²) in [5, 5.41) is 0.457. The monoisotopic (exact) mass is 169 g/mol. The van der Waals surface area contributed by atoms with Gasteiger partial charge < -0.3 is 4.57 Å². The second kappa shape index (κ2) is 3.39. The van der Waals surface area contributed by atoms with Crippen molar-refractivity contribution in [3.8, 4) is 0 Å². The summed E-state index contributed by atoms with van der Waals surface area (Å²) in [6, 6.07) is 4.96. The van der Waals surface area contributed by atoms with Crippen LogP contribution in [0.25, 0.3) is 0 Å². The van der Waals surface area contributed by atoms with Crippen molar-refractivity contribution >= 4 is 11.6 Å². The molecule has 1 rings (SSSR count). The Morgan fingerprint density at radius 1 is 1.64 bits per heavy atom. The number of pyridine rings is 1. The van der Waals surface area contributed by atoms with Crippen LogP contribution in [-0.4, -0.2) is 4.57 Å². The van der Waals surface area contributed by atoms with E-state index in [1.54, 1.807) is 18.3 Å². The second-order valence-corrected chi connectivity index (χ2v) is 2.72. The maximum atomic E-state index is 11.0. The third-order valence-electron chi connectivity index (χ3n) is 1.24. The fourth-order valence-corrected chi connectivity index (χ4v) is 0.905. The average molecular weight is 170 g/mol. The predicted molar refractivity (Wildman–Crippen MR) is 45.7 cm³/mol. The van der Waals surface area contributed by atoms with Crippen molar-refractivity contribution in [3.63, 3.8) is 0 Å². The molecule has 2 nitrogen and oxygen atoms in total. The van der Waals surface area contributed by atoms with Gasteiger partial charge in [0.15, 0.2) is 0 Å². The number of allylic oxidation sites excluding steroid dienone is 1. The smallest absolute Gasteiger partial charge is 0.250 e. The molecule has 3 heteroatoms. The van der Waals surface area contributed by atoms with E-state index in [9.17, 15) is 4.79 Å². The summed E-state index contributed by atoms with van der Waals surface area (Å²) >= 11 is 5.53. The van der Waals surface area contributed by atoms with Crippen molar-refractivity contribution in [1.29, 1.82) is 0 Å². The SMILES string of the molecule is C=C(Cl)Cn1ccccc1=O. The van der Waals surface area contributed by atoms with Crippen molar-refractivity contribution < 1.29 is 0 Å². The zero-order chi connectivity index (χ0) is 8.27. The summed E-state index contributed by atoms with van der Waals surface area (Å²) in [4.78, 5) is 11.0. The van der Waals surface area contributed by atoms with Crippen molar-refractivity contribution in [3.05, 3.63) is 46.4 Å². The van der Waals surface area contributed by atoms with Gasteiger partial charge in [0.05, 0.1) is 6.54 Å². The van der Waals surface area contributed by atoms with E-state index in [0.717, 1.165) is 0 Å². The summed E-state index contributed by atoms with van der Waals surface area (Å²) in [5.74, 6) is 0. The van der Waals surface area contributed by atoms with Crippen LogP contribution in [0.15, 0.2) is 40.8 Å². The quantitative estimate of drug-likeness (QED) is 0.659. The van der Waals surface area contributed by atoms with Gasteiger partial charge in [0.1, 0.15) is 0 Å². The normalized spacial score (nSPS) is 9.55. The van der Waals surface area contributed by atoms with Crippen molar-refractivity contribution in [1.82, 2.24) is 4.57 Å². The largest absolute Gasteiger partial charge is 0.310 e. The Bertz CT molecular complexity index is 316. The number of halogens is 1. The molecule has 0 radical (unpaired) electrons. The van der Waals surface area contributed by atoms with Gasteiger partial charge in [0.25, 0.3) is 5.56 Å². The van der Waals surface area contributed by atoms with Crippen molar-refractivity contribution in [2.75, 3.05) is 0 Å². The predicted octanol–water partition coefficient (Wildman–Crippen LogP) is 1.60. The molecule has 0 bridgehead atoms. The van der Waals surface area contributed by atoms with Gasteiger partial charge in [-0.3, -0.25) is 4.79 Å². The minimum absolute atomic E-state index is 0.0608. The van der Waals surface area contributed by atoms with E-state index in [0.29, 0.717) is 11.6 Å². The Morgan fingerprint density at radius 3 is 2.91 bits per heavy atom. The molecule has 0 saturated heterocycles. The van der Waals surface area contributed by atoms with E-state index in [4.69, 9.17) is 11.6 Å². The number of hydrogen-bond donors (Lipinski definition) is 0. The van der Waals surface area contributed by atoms with E-state index in [-0.39, 0.29) is 5.56 Å². The van der Waals surface area contributed by atoms with Gasteiger partial charge in [-0.15, -0.1) is 0 Å². The first-order chi connectivity index (χ1) is 5.20. The highest BCUT2D eigenvalue weighted by Gasteiger charge is 1.92. The Kier molecular flexibility index (Phi) is 2.49. The Morgan fingerprint density at radius 2 is 2.36 bits per heavy atom. The third-order valence-corrected chi connectivity index (χ3v) is 1.36. The maximum absolute atomic E-state index is 11.0. The molecule has 0 atom stereocenters. The minimum Gasteiger partial charge on any atom is -0.310 e. The number of hydrogen-bond acceptors (Lipinski definition) is 1. The lowest BCUT2D eigenvalue weighted by Gasteiger charge is -2.00. The van der Waals surface area contributed by atoms with Crippen LogP contribution in [0.2, 0.25) is 0 Å². The lowest BCUT2D eigenvalue weighted by molar-refractivity contribution is 0.771. The fraction of sp³-hybridized carbons (Fsp3) is 0.125. The first-order valence-electron chi connectivity index (χ1n) is 3.19. The molecule has 0 aromatic carbocycles. The molecule has 0 aliphatic rings. The molecule has 0 fully saturated rings. The van der Waals surface area contributed by atoms with E-state index in [1.165, 1.54) is 10.6 Å². The van der Waals surface area contributed by atoms with Crippen LogP contribution in [0.1, 0.15) is 0 Å².